The van der Waals surface area contributed by atoms with Gasteiger partial charge in [0, 0.05) is 19.3 Å². The van der Waals surface area contributed by atoms with Crippen LogP contribution < -0.4 is 0 Å². The summed E-state index contributed by atoms with van der Waals surface area (Å²) in [7, 11) is 0. The number of hydrogen-bond donors (Lipinski definition) is 0. The van der Waals surface area contributed by atoms with Crippen LogP contribution in [-0.4, -0.2) is 37.2 Å². The van der Waals surface area contributed by atoms with Gasteiger partial charge in [-0.25, -0.2) is 0 Å². The van der Waals surface area contributed by atoms with Crippen molar-refractivity contribution in [3.05, 3.63) is 0 Å². The van der Waals surface area contributed by atoms with Gasteiger partial charge in [0.2, 0.25) is 0 Å². The lowest BCUT2D eigenvalue weighted by Gasteiger charge is -2.18. The molecule has 1 atom stereocenters. The Morgan fingerprint density at radius 2 is 0.623 bits per heavy atom. The Balaban J connectivity index is 4.12. The van der Waals surface area contributed by atoms with Gasteiger partial charge < -0.3 is 14.2 Å². The van der Waals surface area contributed by atoms with Gasteiger partial charge in [0.1, 0.15) is 13.2 Å². The SMILES string of the molecule is CCCCCCCCCCCCCCCCCCCCCC(=O)OC[C@H](COC(=O)CCCCCCCCC(C)C)OC(=O)CCCCCCCCC. The summed E-state index contributed by atoms with van der Waals surface area (Å²) in [6.07, 6.45) is 41.2. The first-order valence-corrected chi connectivity index (χ1v) is 23.4. The Bertz CT molecular complexity index is 796. The highest BCUT2D eigenvalue weighted by Crippen LogP contribution is 2.16. The molecule has 0 N–H and O–H groups in total. The van der Waals surface area contributed by atoms with Gasteiger partial charge >= 0.3 is 17.9 Å². The Hall–Kier alpha value is -1.59. The minimum atomic E-state index is -0.758. The van der Waals surface area contributed by atoms with Crippen molar-refractivity contribution in [1.29, 1.82) is 0 Å². The maximum Gasteiger partial charge on any atom is 0.306 e. The molecule has 0 unspecified atom stereocenters. The van der Waals surface area contributed by atoms with Crippen LogP contribution in [0.3, 0.4) is 0 Å². The highest BCUT2D eigenvalue weighted by molar-refractivity contribution is 5.71. The molecule has 0 fully saturated rings. The summed E-state index contributed by atoms with van der Waals surface area (Å²) in [5, 5.41) is 0. The molecule has 0 aliphatic heterocycles. The molecule has 0 saturated heterocycles. The maximum atomic E-state index is 12.6. The van der Waals surface area contributed by atoms with Crippen LogP contribution in [0, 0.1) is 5.92 Å². The molecule has 0 rings (SSSR count). The lowest BCUT2D eigenvalue weighted by Crippen LogP contribution is -2.30. The number of carbonyl (C=O) groups excluding carboxylic acids is 3. The van der Waals surface area contributed by atoms with E-state index >= 15 is 0 Å². The number of hydrogen-bond acceptors (Lipinski definition) is 6. The molecule has 6 heteroatoms. The van der Waals surface area contributed by atoms with E-state index < -0.39 is 6.10 Å². The molecule has 0 amide bonds. The Labute approximate surface area is 329 Å². The minimum absolute atomic E-state index is 0.0651. The molecule has 0 saturated carbocycles. The standard InChI is InChI=1S/C47H90O6/c1-5-7-9-11-13-14-15-16-17-18-19-20-21-22-23-24-26-30-34-38-45(48)51-41-44(53-47(50)40-36-32-25-12-10-8-6-2)42-52-46(49)39-35-31-28-27-29-33-37-43(3)4/h43-44H,5-42H2,1-4H3/t44-/m1/s1. The van der Waals surface area contributed by atoms with Gasteiger partial charge in [-0.2, -0.15) is 0 Å². The van der Waals surface area contributed by atoms with Crippen molar-refractivity contribution in [1.82, 2.24) is 0 Å². The van der Waals surface area contributed by atoms with Gasteiger partial charge in [0.25, 0.3) is 0 Å². The normalized spacial score (nSPS) is 11.9. The summed E-state index contributed by atoms with van der Waals surface area (Å²) in [4.78, 5) is 37.5. The quantitative estimate of drug-likeness (QED) is 0.0351. The zero-order valence-corrected chi connectivity index (χ0v) is 36.0. The first-order chi connectivity index (χ1) is 25.9. The summed E-state index contributed by atoms with van der Waals surface area (Å²) < 4.78 is 16.6. The Morgan fingerprint density at radius 1 is 0.358 bits per heavy atom. The maximum absolute atomic E-state index is 12.6. The van der Waals surface area contributed by atoms with Crippen molar-refractivity contribution in [3.8, 4) is 0 Å². The molecular formula is C47H90O6. The molecule has 0 spiro atoms. The van der Waals surface area contributed by atoms with Gasteiger partial charge in [0.15, 0.2) is 6.10 Å². The number of carbonyl (C=O) groups is 3. The van der Waals surface area contributed by atoms with E-state index in [1.807, 2.05) is 0 Å². The Morgan fingerprint density at radius 3 is 0.925 bits per heavy atom. The fraction of sp³-hybridized carbons (Fsp3) is 0.936. The molecule has 314 valence electrons. The van der Waals surface area contributed by atoms with Gasteiger partial charge in [-0.05, 0) is 25.2 Å². The van der Waals surface area contributed by atoms with E-state index in [2.05, 4.69) is 27.7 Å². The van der Waals surface area contributed by atoms with Crippen molar-refractivity contribution in [2.24, 2.45) is 5.92 Å². The molecule has 0 radical (unpaired) electrons. The second-order valence-electron chi connectivity index (χ2n) is 16.5. The largest absolute Gasteiger partial charge is 0.462 e. The number of unbranched alkanes of at least 4 members (excludes halogenated alkanes) is 29. The average molecular weight is 751 g/mol. The molecule has 0 aliphatic rings. The number of ether oxygens (including phenoxy) is 3. The van der Waals surface area contributed by atoms with Gasteiger partial charge in [-0.3, -0.25) is 14.4 Å². The third-order valence-electron chi connectivity index (χ3n) is 10.5. The molecule has 53 heavy (non-hydrogen) atoms. The van der Waals surface area contributed by atoms with Crippen molar-refractivity contribution in [2.75, 3.05) is 13.2 Å². The van der Waals surface area contributed by atoms with Crippen molar-refractivity contribution in [2.45, 2.75) is 265 Å². The van der Waals surface area contributed by atoms with Crippen LogP contribution in [0.1, 0.15) is 259 Å². The second kappa shape index (κ2) is 41.6. The third kappa shape index (κ3) is 41.4. The molecule has 0 aliphatic carbocycles. The van der Waals surface area contributed by atoms with E-state index in [1.54, 1.807) is 0 Å². The third-order valence-corrected chi connectivity index (χ3v) is 10.5. The topological polar surface area (TPSA) is 78.9 Å². The fourth-order valence-electron chi connectivity index (χ4n) is 6.98. The number of esters is 3. The van der Waals surface area contributed by atoms with Crippen LogP contribution in [0.2, 0.25) is 0 Å². The van der Waals surface area contributed by atoms with Crippen LogP contribution in [0.25, 0.3) is 0 Å². The lowest BCUT2D eigenvalue weighted by molar-refractivity contribution is -0.167. The van der Waals surface area contributed by atoms with E-state index in [1.165, 1.54) is 154 Å². The first kappa shape index (κ1) is 51.4. The predicted molar refractivity (Wildman–Crippen MR) is 224 cm³/mol. The van der Waals surface area contributed by atoms with Gasteiger partial charge in [-0.15, -0.1) is 0 Å². The van der Waals surface area contributed by atoms with Crippen molar-refractivity contribution >= 4 is 17.9 Å². The highest BCUT2D eigenvalue weighted by Gasteiger charge is 2.19. The smallest absolute Gasteiger partial charge is 0.306 e. The monoisotopic (exact) mass is 751 g/mol. The number of rotatable bonds is 42. The predicted octanol–water partition coefficient (Wildman–Crippen LogP) is 14.7. The second-order valence-corrected chi connectivity index (χ2v) is 16.5. The minimum Gasteiger partial charge on any atom is -0.462 e. The molecule has 0 heterocycles. The zero-order valence-electron chi connectivity index (χ0n) is 36.0. The average Bonchev–Trinajstić information content (AvgIpc) is 3.14. The Kier molecular flexibility index (Phi) is 40.3. The fourth-order valence-corrected chi connectivity index (χ4v) is 6.98. The van der Waals surface area contributed by atoms with E-state index in [-0.39, 0.29) is 31.1 Å². The van der Waals surface area contributed by atoms with Crippen LogP contribution in [0.15, 0.2) is 0 Å². The van der Waals surface area contributed by atoms with E-state index in [0.29, 0.717) is 19.3 Å². The molecule has 0 aromatic heterocycles. The summed E-state index contributed by atoms with van der Waals surface area (Å²) in [5.41, 5.74) is 0. The van der Waals surface area contributed by atoms with E-state index in [4.69, 9.17) is 14.2 Å². The summed E-state index contributed by atoms with van der Waals surface area (Å²) in [6, 6.07) is 0. The van der Waals surface area contributed by atoms with Crippen LogP contribution in [-0.2, 0) is 28.6 Å². The van der Waals surface area contributed by atoms with E-state index in [9.17, 15) is 14.4 Å². The molecule has 0 bridgehead atoms. The van der Waals surface area contributed by atoms with Crippen LogP contribution >= 0.6 is 0 Å². The molecule has 6 nitrogen and oxygen atoms in total. The van der Waals surface area contributed by atoms with Crippen LogP contribution in [0.5, 0.6) is 0 Å². The van der Waals surface area contributed by atoms with E-state index in [0.717, 1.165) is 63.7 Å². The van der Waals surface area contributed by atoms with Crippen LogP contribution in [0.4, 0.5) is 0 Å². The van der Waals surface area contributed by atoms with Gasteiger partial charge in [-0.1, -0.05) is 220 Å². The van der Waals surface area contributed by atoms with Gasteiger partial charge in [0.05, 0.1) is 0 Å². The summed E-state index contributed by atoms with van der Waals surface area (Å²) in [6.45, 7) is 8.89. The summed E-state index contributed by atoms with van der Waals surface area (Å²) >= 11 is 0. The molecule has 0 aromatic carbocycles. The zero-order chi connectivity index (χ0) is 38.9. The summed E-state index contributed by atoms with van der Waals surface area (Å²) in [5.74, 6) is -0.102. The lowest BCUT2D eigenvalue weighted by atomic mass is 10.0. The molecule has 0 aromatic rings. The highest BCUT2D eigenvalue weighted by atomic mass is 16.6. The van der Waals surface area contributed by atoms with Crippen molar-refractivity contribution < 1.29 is 28.6 Å². The van der Waals surface area contributed by atoms with Crippen molar-refractivity contribution in [3.63, 3.8) is 0 Å². The molecular weight excluding hydrogens is 661 g/mol. The first-order valence-electron chi connectivity index (χ1n) is 23.4.